The van der Waals surface area contributed by atoms with Gasteiger partial charge in [-0.25, -0.2) is 14.6 Å². The molecule has 0 bridgehead atoms. The Balaban J connectivity index is 3.19. The molecule has 23 heavy (non-hydrogen) atoms. The summed E-state index contributed by atoms with van der Waals surface area (Å²) in [5.74, 6) is 0.158. The van der Waals surface area contributed by atoms with E-state index in [4.69, 9.17) is 9.47 Å². The summed E-state index contributed by atoms with van der Waals surface area (Å²) in [6.45, 7) is 10.3. The van der Waals surface area contributed by atoms with E-state index in [0.717, 1.165) is 4.90 Å². The van der Waals surface area contributed by atoms with Gasteiger partial charge in [0.2, 0.25) is 0 Å². The number of hydrogen-bond acceptors (Lipinski definition) is 5. The molecule has 6 nitrogen and oxygen atoms in total. The summed E-state index contributed by atoms with van der Waals surface area (Å²) in [5.41, 5.74) is -0.811. The molecule has 0 spiro atoms. The van der Waals surface area contributed by atoms with Crippen molar-refractivity contribution in [3.63, 3.8) is 0 Å². The second-order valence-electron chi connectivity index (χ2n) is 6.92. The summed E-state index contributed by atoms with van der Waals surface area (Å²) in [4.78, 5) is 30.0. The van der Waals surface area contributed by atoms with Crippen LogP contribution in [0.2, 0.25) is 0 Å². The number of alkyl halides is 1. The molecule has 0 N–H and O–H groups in total. The van der Waals surface area contributed by atoms with Crippen LogP contribution in [-0.4, -0.2) is 28.4 Å². The third-order valence-electron chi connectivity index (χ3n) is 2.31. The first-order valence-electron chi connectivity index (χ1n) is 7.21. The number of rotatable bonds is 2. The second-order valence-corrected chi connectivity index (χ2v) is 7.48. The molecule has 2 amide bonds. The van der Waals surface area contributed by atoms with Gasteiger partial charge in [0.1, 0.15) is 17.0 Å². The first kappa shape index (κ1) is 19.4. The van der Waals surface area contributed by atoms with E-state index in [1.807, 2.05) is 0 Å². The standard InChI is InChI=1S/C16H23BrN2O4/c1-15(2,3)22-13(20)19(14(21)23-16(4,5)6)12-9-7-8-11(10-17)18-12/h7-9H,10H2,1-6H3. The molecule has 0 saturated heterocycles. The summed E-state index contributed by atoms with van der Waals surface area (Å²) in [6, 6.07) is 5.04. The monoisotopic (exact) mass is 386 g/mol. The number of imide groups is 1. The Hall–Kier alpha value is -1.63. The lowest BCUT2D eigenvalue weighted by Gasteiger charge is -2.28. The van der Waals surface area contributed by atoms with Crippen LogP contribution in [-0.2, 0) is 14.8 Å². The third-order valence-corrected chi connectivity index (χ3v) is 2.88. The number of pyridine rings is 1. The Kier molecular flexibility index (Phi) is 6.16. The van der Waals surface area contributed by atoms with Crippen LogP contribution < -0.4 is 4.90 Å². The summed E-state index contributed by atoms with van der Waals surface area (Å²) in [7, 11) is 0. The lowest BCUT2D eigenvalue weighted by Crippen LogP contribution is -2.44. The van der Waals surface area contributed by atoms with Crippen molar-refractivity contribution >= 4 is 33.9 Å². The van der Waals surface area contributed by atoms with E-state index in [1.165, 1.54) is 0 Å². The van der Waals surface area contributed by atoms with Gasteiger partial charge in [0.05, 0.1) is 5.69 Å². The lowest BCUT2D eigenvalue weighted by atomic mass is 10.2. The maximum Gasteiger partial charge on any atom is 0.425 e. The Morgan fingerprint density at radius 3 is 1.91 bits per heavy atom. The van der Waals surface area contributed by atoms with Gasteiger partial charge in [0.15, 0.2) is 0 Å². The van der Waals surface area contributed by atoms with Crippen LogP contribution in [0.1, 0.15) is 47.2 Å². The zero-order chi connectivity index (χ0) is 17.8. The van der Waals surface area contributed by atoms with Crippen molar-refractivity contribution in [2.24, 2.45) is 0 Å². The summed E-state index contributed by atoms with van der Waals surface area (Å²) < 4.78 is 10.6. The average molecular weight is 387 g/mol. The van der Waals surface area contributed by atoms with Crippen molar-refractivity contribution < 1.29 is 19.1 Å². The van der Waals surface area contributed by atoms with E-state index in [9.17, 15) is 9.59 Å². The molecule has 0 aliphatic rings. The van der Waals surface area contributed by atoms with Gasteiger partial charge in [-0.15, -0.1) is 0 Å². The molecule has 0 aliphatic carbocycles. The Morgan fingerprint density at radius 2 is 1.52 bits per heavy atom. The molecule has 1 heterocycles. The van der Waals surface area contributed by atoms with Crippen LogP contribution in [0.25, 0.3) is 0 Å². The van der Waals surface area contributed by atoms with Gasteiger partial charge in [0, 0.05) is 5.33 Å². The quantitative estimate of drug-likeness (QED) is 0.691. The molecule has 0 aromatic carbocycles. The van der Waals surface area contributed by atoms with Crippen LogP contribution in [0.15, 0.2) is 18.2 Å². The third kappa shape index (κ3) is 6.56. The van der Waals surface area contributed by atoms with E-state index in [2.05, 4.69) is 20.9 Å². The summed E-state index contributed by atoms with van der Waals surface area (Å²) in [6.07, 6.45) is -1.66. The first-order valence-corrected chi connectivity index (χ1v) is 8.33. The minimum absolute atomic E-state index is 0.158. The Morgan fingerprint density at radius 1 is 1.04 bits per heavy atom. The zero-order valence-electron chi connectivity index (χ0n) is 14.3. The van der Waals surface area contributed by atoms with E-state index >= 15 is 0 Å². The fourth-order valence-corrected chi connectivity index (χ4v) is 1.85. The number of nitrogens with zero attached hydrogens (tertiary/aromatic N) is 2. The molecule has 0 aliphatic heterocycles. The number of halogens is 1. The molecule has 7 heteroatoms. The normalized spacial score (nSPS) is 11.8. The van der Waals surface area contributed by atoms with Gasteiger partial charge in [-0.1, -0.05) is 22.0 Å². The molecule has 0 atom stereocenters. The number of hydrogen-bond donors (Lipinski definition) is 0. The van der Waals surface area contributed by atoms with Crippen LogP contribution in [0.4, 0.5) is 15.4 Å². The molecular formula is C16H23BrN2O4. The molecule has 1 aromatic heterocycles. The van der Waals surface area contributed by atoms with Crippen molar-refractivity contribution in [1.82, 2.24) is 4.98 Å². The highest BCUT2D eigenvalue weighted by molar-refractivity contribution is 9.08. The fourth-order valence-electron chi connectivity index (χ4n) is 1.54. The fraction of sp³-hybridized carbons (Fsp3) is 0.562. The first-order chi connectivity index (χ1) is 10.4. The summed E-state index contributed by atoms with van der Waals surface area (Å²) in [5, 5.41) is 0.497. The number of carbonyl (C=O) groups excluding carboxylic acids is 2. The maximum absolute atomic E-state index is 12.4. The molecule has 1 rings (SSSR count). The minimum atomic E-state index is -0.828. The molecule has 128 valence electrons. The maximum atomic E-state index is 12.4. The number of amides is 2. The number of carbonyl (C=O) groups is 2. The average Bonchev–Trinajstić information content (AvgIpc) is 2.34. The van der Waals surface area contributed by atoms with Gasteiger partial charge in [-0.3, -0.25) is 0 Å². The predicted octanol–water partition coefficient (Wildman–Crippen LogP) is 4.65. The smallest absolute Gasteiger partial charge is 0.425 e. The van der Waals surface area contributed by atoms with Gasteiger partial charge in [-0.05, 0) is 53.7 Å². The molecule has 0 fully saturated rings. The van der Waals surface area contributed by atoms with E-state index in [1.54, 1.807) is 59.7 Å². The van der Waals surface area contributed by atoms with Crippen molar-refractivity contribution in [2.45, 2.75) is 58.1 Å². The zero-order valence-corrected chi connectivity index (χ0v) is 15.9. The highest BCUT2D eigenvalue weighted by Gasteiger charge is 2.33. The van der Waals surface area contributed by atoms with Gasteiger partial charge in [0.25, 0.3) is 0 Å². The van der Waals surface area contributed by atoms with Crippen LogP contribution in [0.3, 0.4) is 0 Å². The minimum Gasteiger partial charge on any atom is -0.443 e. The molecule has 1 aromatic rings. The van der Waals surface area contributed by atoms with E-state index in [-0.39, 0.29) is 5.82 Å². The SMILES string of the molecule is CC(C)(C)OC(=O)N(C(=O)OC(C)(C)C)c1cccc(CBr)n1. The molecular weight excluding hydrogens is 364 g/mol. The highest BCUT2D eigenvalue weighted by atomic mass is 79.9. The molecule has 0 saturated carbocycles. The lowest BCUT2D eigenvalue weighted by molar-refractivity contribution is 0.0429. The Bertz CT molecular complexity index is 548. The van der Waals surface area contributed by atoms with Gasteiger partial charge < -0.3 is 9.47 Å². The second kappa shape index (κ2) is 7.29. The van der Waals surface area contributed by atoms with Gasteiger partial charge in [-0.2, -0.15) is 4.90 Å². The predicted molar refractivity (Wildman–Crippen MR) is 91.8 cm³/mol. The number of aromatic nitrogens is 1. The summed E-state index contributed by atoms with van der Waals surface area (Å²) >= 11 is 3.30. The van der Waals surface area contributed by atoms with E-state index in [0.29, 0.717) is 11.0 Å². The molecule has 0 unspecified atom stereocenters. The molecule has 0 radical (unpaired) electrons. The van der Waals surface area contributed by atoms with Crippen molar-refractivity contribution in [3.8, 4) is 0 Å². The van der Waals surface area contributed by atoms with Crippen molar-refractivity contribution in [2.75, 3.05) is 4.90 Å². The van der Waals surface area contributed by atoms with Crippen molar-refractivity contribution in [1.29, 1.82) is 0 Å². The Labute approximate surface area is 145 Å². The highest BCUT2D eigenvalue weighted by Crippen LogP contribution is 2.20. The number of ether oxygens (including phenoxy) is 2. The topological polar surface area (TPSA) is 68.7 Å². The van der Waals surface area contributed by atoms with Crippen LogP contribution in [0.5, 0.6) is 0 Å². The van der Waals surface area contributed by atoms with Gasteiger partial charge >= 0.3 is 12.2 Å². The van der Waals surface area contributed by atoms with Crippen LogP contribution >= 0.6 is 15.9 Å². The largest absolute Gasteiger partial charge is 0.443 e. The van der Waals surface area contributed by atoms with Crippen molar-refractivity contribution in [3.05, 3.63) is 23.9 Å². The van der Waals surface area contributed by atoms with E-state index < -0.39 is 23.4 Å². The van der Waals surface area contributed by atoms with Crippen LogP contribution in [0, 0.1) is 0 Å². The number of anilines is 1.